The van der Waals surface area contributed by atoms with Crippen LogP contribution in [0.15, 0.2) is 58.5 Å². The lowest BCUT2D eigenvalue weighted by Gasteiger charge is -2.32. The molecular weight excluding hydrogens is 444 g/mol. The van der Waals surface area contributed by atoms with E-state index in [1.54, 1.807) is 24.3 Å². The highest BCUT2D eigenvalue weighted by atomic mass is 35.5. The minimum absolute atomic E-state index is 0.120. The van der Waals surface area contributed by atoms with Gasteiger partial charge in [0, 0.05) is 16.3 Å². The van der Waals surface area contributed by atoms with E-state index in [0.717, 1.165) is 11.3 Å². The van der Waals surface area contributed by atoms with Gasteiger partial charge in [0.1, 0.15) is 11.9 Å². The predicted octanol–water partition coefficient (Wildman–Crippen LogP) is 5.50. The van der Waals surface area contributed by atoms with Gasteiger partial charge < -0.3 is 5.32 Å². The third-order valence-electron chi connectivity index (χ3n) is 5.33. The van der Waals surface area contributed by atoms with E-state index in [2.05, 4.69) is 24.2 Å². The van der Waals surface area contributed by atoms with Crippen LogP contribution in [0.1, 0.15) is 39.2 Å². The zero-order chi connectivity index (χ0) is 22.8. The van der Waals surface area contributed by atoms with E-state index < -0.39 is 6.04 Å². The molecule has 0 spiro atoms. The maximum Gasteiger partial charge on any atom is 0.270 e. The lowest BCUT2D eigenvalue weighted by Crippen LogP contribution is -2.45. The molecular formula is C24H25ClN4O2S. The molecule has 0 fully saturated rings. The van der Waals surface area contributed by atoms with E-state index in [0.29, 0.717) is 40.5 Å². The van der Waals surface area contributed by atoms with Gasteiger partial charge in [-0.1, -0.05) is 56.3 Å². The van der Waals surface area contributed by atoms with Crippen molar-refractivity contribution in [3.05, 3.63) is 59.1 Å². The zero-order valence-electron chi connectivity index (χ0n) is 18.2. The van der Waals surface area contributed by atoms with Crippen molar-refractivity contribution in [1.29, 1.82) is 0 Å². The van der Waals surface area contributed by atoms with Crippen LogP contribution in [0.5, 0.6) is 0 Å². The number of halogens is 1. The molecule has 0 radical (unpaired) electrons. The van der Waals surface area contributed by atoms with E-state index in [-0.39, 0.29) is 17.1 Å². The van der Waals surface area contributed by atoms with Crippen LogP contribution >= 0.6 is 23.4 Å². The van der Waals surface area contributed by atoms with Gasteiger partial charge >= 0.3 is 0 Å². The Morgan fingerprint density at radius 3 is 2.56 bits per heavy atom. The summed E-state index contributed by atoms with van der Waals surface area (Å²) in [5, 5.41) is 3.82. The van der Waals surface area contributed by atoms with Crippen molar-refractivity contribution in [3.63, 3.8) is 0 Å². The average Bonchev–Trinajstić information content (AvgIpc) is 3.09. The number of thioether (sulfide) groups is 1. The molecule has 2 atom stereocenters. The van der Waals surface area contributed by atoms with Gasteiger partial charge in [-0.25, -0.2) is 4.99 Å². The lowest BCUT2D eigenvalue weighted by atomic mass is 10.0. The smallest absolute Gasteiger partial charge is 0.270 e. The number of aliphatic imine (C=N–C) groups is 2. The van der Waals surface area contributed by atoms with Gasteiger partial charge in [0.15, 0.2) is 5.17 Å². The van der Waals surface area contributed by atoms with Crippen molar-refractivity contribution < 1.29 is 9.59 Å². The SMILES string of the molecule is CCC(SC1=Nc2ccccc2C2=NC(=O)C(CC(C)C)N12)C(=O)Nc1ccc(Cl)cc1. The predicted molar refractivity (Wildman–Crippen MR) is 132 cm³/mol. The molecule has 6 nitrogen and oxygen atoms in total. The van der Waals surface area contributed by atoms with Crippen molar-refractivity contribution in [2.45, 2.75) is 44.9 Å². The van der Waals surface area contributed by atoms with Crippen molar-refractivity contribution in [2.75, 3.05) is 5.32 Å². The van der Waals surface area contributed by atoms with Crippen LogP contribution in [0.3, 0.4) is 0 Å². The van der Waals surface area contributed by atoms with Crippen molar-refractivity contribution in [3.8, 4) is 0 Å². The standard InChI is InChI=1S/C24H25ClN4O2S/c1-4-20(23(31)26-16-11-9-15(25)10-12-16)32-24-27-18-8-6-5-7-17(18)21-28-22(30)19(29(21)24)13-14(2)3/h5-12,14,19-20H,4,13H2,1-3H3,(H,26,31). The van der Waals surface area contributed by atoms with Gasteiger partial charge in [0.2, 0.25) is 5.91 Å². The number of anilines is 1. The molecule has 2 aliphatic rings. The summed E-state index contributed by atoms with van der Waals surface area (Å²) in [4.78, 5) is 37.0. The quantitative estimate of drug-likeness (QED) is 0.607. The maximum atomic E-state index is 13.0. The summed E-state index contributed by atoms with van der Waals surface area (Å²) in [6.45, 7) is 6.13. The lowest BCUT2D eigenvalue weighted by molar-refractivity contribution is -0.120. The van der Waals surface area contributed by atoms with E-state index >= 15 is 0 Å². The molecule has 32 heavy (non-hydrogen) atoms. The molecule has 2 heterocycles. The Labute approximate surface area is 197 Å². The third kappa shape index (κ3) is 4.59. The Morgan fingerprint density at radius 1 is 1.16 bits per heavy atom. The number of amidine groups is 2. The first-order valence-electron chi connectivity index (χ1n) is 10.7. The highest BCUT2D eigenvalue weighted by Gasteiger charge is 2.42. The first-order chi connectivity index (χ1) is 15.4. The number of benzene rings is 2. The molecule has 4 rings (SSSR count). The van der Waals surface area contributed by atoms with Crippen LogP contribution in [-0.2, 0) is 9.59 Å². The van der Waals surface area contributed by atoms with Crippen LogP contribution in [-0.4, -0.2) is 39.0 Å². The van der Waals surface area contributed by atoms with Crippen molar-refractivity contribution in [2.24, 2.45) is 15.9 Å². The largest absolute Gasteiger partial charge is 0.325 e. The number of hydrogen-bond acceptors (Lipinski definition) is 5. The molecule has 2 aliphatic heterocycles. The van der Waals surface area contributed by atoms with Crippen LogP contribution in [0.2, 0.25) is 5.02 Å². The van der Waals surface area contributed by atoms with E-state index in [1.807, 2.05) is 36.1 Å². The van der Waals surface area contributed by atoms with E-state index in [4.69, 9.17) is 16.6 Å². The molecule has 1 N–H and O–H groups in total. The number of carbonyl (C=O) groups is 2. The summed E-state index contributed by atoms with van der Waals surface area (Å²) in [5.74, 6) is 0.668. The fourth-order valence-corrected chi connectivity index (χ4v) is 4.95. The minimum atomic E-state index is -0.401. The van der Waals surface area contributed by atoms with Gasteiger partial charge in [-0.15, -0.1) is 0 Å². The summed E-state index contributed by atoms with van der Waals surface area (Å²) in [6.07, 6.45) is 1.27. The number of nitrogens with zero attached hydrogens (tertiary/aromatic N) is 3. The van der Waals surface area contributed by atoms with Crippen molar-refractivity contribution in [1.82, 2.24) is 4.90 Å². The second-order valence-electron chi connectivity index (χ2n) is 8.21. The van der Waals surface area contributed by atoms with Crippen LogP contribution < -0.4 is 5.32 Å². The zero-order valence-corrected chi connectivity index (χ0v) is 19.8. The van der Waals surface area contributed by atoms with Gasteiger partial charge in [-0.05, 0) is 55.2 Å². The number of amides is 2. The van der Waals surface area contributed by atoms with Gasteiger partial charge in [-0.2, -0.15) is 4.99 Å². The fraction of sp³-hybridized carbons (Fsp3) is 0.333. The molecule has 0 aliphatic carbocycles. The van der Waals surface area contributed by atoms with Gasteiger partial charge in [-0.3, -0.25) is 14.5 Å². The van der Waals surface area contributed by atoms with Crippen LogP contribution in [0.25, 0.3) is 0 Å². The number of rotatable bonds is 6. The Morgan fingerprint density at radius 2 is 1.88 bits per heavy atom. The van der Waals surface area contributed by atoms with E-state index in [9.17, 15) is 9.59 Å². The molecule has 2 aromatic rings. The third-order valence-corrected chi connectivity index (χ3v) is 6.91. The van der Waals surface area contributed by atoms with Gasteiger partial charge in [0.05, 0.1) is 10.9 Å². The number of carbonyl (C=O) groups excluding carboxylic acids is 2. The van der Waals surface area contributed by atoms with Crippen LogP contribution in [0, 0.1) is 5.92 Å². The number of hydrogen-bond donors (Lipinski definition) is 1. The monoisotopic (exact) mass is 468 g/mol. The average molecular weight is 469 g/mol. The summed E-state index contributed by atoms with van der Waals surface area (Å²) in [6, 6.07) is 14.3. The van der Waals surface area contributed by atoms with Crippen molar-refractivity contribution >= 4 is 57.6 Å². The van der Waals surface area contributed by atoms with E-state index in [1.165, 1.54) is 11.8 Å². The highest BCUT2D eigenvalue weighted by molar-refractivity contribution is 8.15. The molecule has 2 aromatic carbocycles. The highest BCUT2D eigenvalue weighted by Crippen LogP contribution is 2.37. The molecule has 0 bridgehead atoms. The summed E-state index contributed by atoms with van der Waals surface area (Å²) >= 11 is 7.32. The number of nitrogens with one attached hydrogen (secondary N) is 1. The topological polar surface area (TPSA) is 74.1 Å². The van der Waals surface area contributed by atoms with Gasteiger partial charge in [0.25, 0.3) is 5.91 Å². The first kappa shape index (κ1) is 22.6. The molecule has 8 heteroatoms. The Hall–Kier alpha value is -2.64. The molecule has 0 aromatic heterocycles. The second kappa shape index (κ2) is 9.46. The maximum absolute atomic E-state index is 13.0. The Kier molecular flexibility index (Phi) is 6.67. The molecule has 166 valence electrons. The Balaban J connectivity index is 1.63. The molecule has 0 saturated carbocycles. The molecule has 2 unspecified atom stereocenters. The minimum Gasteiger partial charge on any atom is -0.325 e. The summed E-state index contributed by atoms with van der Waals surface area (Å²) in [7, 11) is 0. The normalized spacial score (nSPS) is 18.1. The summed E-state index contributed by atoms with van der Waals surface area (Å²) in [5.41, 5.74) is 2.29. The Bertz CT molecular complexity index is 1100. The molecule has 2 amide bonds. The number of fused-ring (bicyclic) bond motifs is 3. The molecule has 0 saturated heterocycles. The summed E-state index contributed by atoms with van der Waals surface area (Å²) < 4.78 is 0. The first-order valence-corrected chi connectivity index (χ1v) is 12.0. The fourth-order valence-electron chi connectivity index (χ4n) is 3.76. The second-order valence-corrected chi connectivity index (χ2v) is 9.82. The number of para-hydroxylation sites is 1. The van der Waals surface area contributed by atoms with Crippen LogP contribution in [0.4, 0.5) is 11.4 Å².